The van der Waals surface area contributed by atoms with Gasteiger partial charge < -0.3 is 9.47 Å². The molecule has 0 aliphatic carbocycles. The van der Waals surface area contributed by atoms with E-state index in [4.69, 9.17) is 0 Å². The van der Waals surface area contributed by atoms with Gasteiger partial charge in [-0.25, -0.2) is 0 Å². The van der Waals surface area contributed by atoms with E-state index in [9.17, 15) is 0 Å². The molecule has 0 aliphatic rings. The molecule has 0 bridgehead atoms. The molecule has 1 aromatic heterocycles. The Kier molecular flexibility index (Phi) is 6.84. The fourth-order valence-electron chi connectivity index (χ4n) is 7.16. The average Bonchev–Trinajstić information content (AvgIpc) is 3.50. The molecule has 0 spiro atoms. The third-order valence-corrected chi connectivity index (χ3v) is 9.35. The molecule has 0 amide bonds. The van der Waals surface area contributed by atoms with Crippen molar-refractivity contribution >= 4 is 49.6 Å². The highest BCUT2D eigenvalue weighted by molar-refractivity contribution is 6.12. The van der Waals surface area contributed by atoms with Crippen molar-refractivity contribution in [2.75, 3.05) is 4.90 Å². The van der Waals surface area contributed by atoms with Crippen LogP contribution in [0.5, 0.6) is 0 Å². The maximum Gasteiger partial charge on any atom is 0.0781 e. The Balaban J connectivity index is 1.39. The highest BCUT2D eigenvalue weighted by Gasteiger charge is 2.23. The molecule has 9 rings (SSSR count). The van der Waals surface area contributed by atoms with E-state index >= 15 is 0 Å². The van der Waals surface area contributed by atoms with Crippen molar-refractivity contribution in [3.8, 4) is 27.9 Å². The van der Waals surface area contributed by atoms with Crippen LogP contribution in [0.1, 0.15) is 0 Å². The van der Waals surface area contributed by atoms with Gasteiger partial charge in [0.2, 0.25) is 0 Å². The van der Waals surface area contributed by atoms with E-state index in [1.54, 1.807) is 0 Å². The van der Waals surface area contributed by atoms with Gasteiger partial charge in [0, 0.05) is 27.5 Å². The monoisotopic (exact) mass is 612 g/mol. The Morgan fingerprint density at radius 2 is 0.792 bits per heavy atom. The molecule has 0 unspecified atom stereocenters. The first-order chi connectivity index (χ1) is 23.8. The summed E-state index contributed by atoms with van der Waals surface area (Å²) in [6, 6.07) is 70.0. The smallest absolute Gasteiger partial charge is 0.0781 e. The van der Waals surface area contributed by atoms with Crippen LogP contribution in [0.25, 0.3) is 60.5 Å². The SMILES string of the molecule is c1ccc(-c2cccc(N(c3cccc(-c4ccccc4)c3)c3c(-n4c5ccccc5c5ccccc54)ccc4ccccc34)c2)cc1. The van der Waals surface area contributed by atoms with Crippen molar-refractivity contribution in [3.63, 3.8) is 0 Å². The summed E-state index contributed by atoms with van der Waals surface area (Å²) in [5.74, 6) is 0. The lowest BCUT2D eigenvalue weighted by Crippen LogP contribution is -2.14. The lowest BCUT2D eigenvalue weighted by molar-refractivity contribution is 1.16. The largest absolute Gasteiger partial charge is 0.308 e. The third kappa shape index (κ3) is 4.74. The van der Waals surface area contributed by atoms with E-state index in [0.29, 0.717) is 0 Å². The molecule has 0 saturated carbocycles. The van der Waals surface area contributed by atoms with E-state index in [0.717, 1.165) is 22.7 Å². The minimum absolute atomic E-state index is 1.10. The number of benzene rings is 8. The second-order valence-electron chi connectivity index (χ2n) is 12.2. The number of anilines is 3. The fourth-order valence-corrected chi connectivity index (χ4v) is 7.16. The fraction of sp³-hybridized carbons (Fsp3) is 0. The van der Waals surface area contributed by atoms with Crippen molar-refractivity contribution in [3.05, 3.63) is 194 Å². The molecule has 9 aromatic rings. The van der Waals surface area contributed by atoms with Crippen molar-refractivity contribution in [1.82, 2.24) is 4.57 Å². The Morgan fingerprint density at radius 1 is 0.333 bits per heavy atom. The standard InChI is InChI=1S/C46H32N2/c1-3-15-33(16-4-1)36-20-13-22-38(31-36)47(39-23-14-21-37(32-39)34-17-5-2-6-18-34)46-40-24-8-7-19-35(40)29-30-45(46)48-43-27-11-9-25-41(43)42-26-10-12-28-44(42)48/h1-32H. The van der Waals surface area contributed by atoms with Gasteiger partial charge in [0.25, 0.3) is 0 Å². The molecule has 0 atom stereocenters. The van der Waals surface area contributed by atoms with Crippen LogP contribution in [0.4, 0.5) is 17.1 Å². The highest BCUT2D eigenvalue weighted by Crippen LogP contribution is 2.46. The molecule has 1 heterocycles. The van der Waals surface area contributed by atoms with Crippen LogP contribution in [-0.2, 0) is 0 Å². The van der Waals surface area contributed by atoms with Gasteiger partial charge in [-0.05, 0) is 70.1 Å². The van der Waals surface area contributed by atoms with E-state index in [-0.39, 0.29) is 0 Å². The van der Waals surface area contributed by atoms with Crippen LogP contribution in [0.3, 0.4) is 0 Å². The summed E-state index contributed by atoms with van der Waals surface area (Å²) < 4.78 is 2.45. The first-order valence-corrected chi connectivity index (χ1v) is 16.4. The minimum atomic E-state index is 1.10. The number of nitrogens with zero attached hydrogens (tertiary/aromatic N) is 2. The number of aromatic nitrogens is 1. The van der Waals surface area contributed by atoms with Gasteiger partial charge in [0.05, 0.1) is 22.4 Å². The van der Waals surface area contributed by atoms with Gasteiger partial charge in [-0.15, -0.1) is 0 Å². The molecular weight excluding hydrogens is 581 g/mol. The lowest BCUT2D eigenvalue weighted by Gasteiger charge is -2.30. The van der Waals surface area contributed by atoms with Gasteiger partial charge in [0.15, 0.2) is 0 Å². The molecule has 2 heteroatoms. The molecule has 8 aromatic carbocycles. The van der Waals surface area contributed by atoms with Gasteiger partial charge >= 0.3 is 0 Å². The molecule has 0 aliphatic heterocycles. The number of para-hydroxylation sites is 2. The second kappa shape index (κ2) is 11.8. The molecule has 0 radical (unpaired) electrons. The predicted octanol–water partition coefficient (Wildman–Crippen LogP) is 12.7. The summed E-state index contributed by atoms with van der Waals surface area (Å²) in [5, 5.41) is 4.87. The first-order valence-electron chi connectivity index (χ1n) is 16.4. The van der Waals surface area contributed by atoms with Crippen LogP contribution in [0.2, 0.25) is 0 Å². The van der Waals surface area contributed by atoms with Crippen LogP contribution in [0.15, 0.2) is 194 Å². The topological polar surface area (TPSA) is 8.17 Å². The van der Waals surface area contributed by atoms with Gasteiger partial charge in [0.1, 0.15) is 0 Å². The zero-order valence-electron chi connectivity index (χ0n) is 26.4. The van der Waals surface area contributed by atoms with Crippen LogP contribution in [-0.4, -0.2) is 4.57 Å². The molecule has 48 heavy (non-hydrogen) atoms. The second-order valence-corrected chi connectivity index (χ2v) is 12.2. The molecule has 0 saturated heterocycles. The molecular formula is C46H32N2. The van der Waals surface area contributed by atoms with Crippen molar-refractivity contribution in [2.24, 2.45) is 0 Å². The quantitative estimate of drug-likeness (QED) is 0.181. The Bertz CT molecular complexity index is 2430. The third-order valence-electron chi connectivity index (χ3n) is 9.35. The summed E-state index contributed by atoms with van der Waals surface area (Å²) >= 11 is 0. The van der Waals surface area contributed by atoms with Gasteiger partial charge in [-0.3, -0.25) is 0 Å². The Hall–Kier alpha value is -6.38. The van der Waals surface area contributed by atoms with E-state index in [2.05, 4.69) is 204 Å². The van der Waals surface area contributed by atoms with E-state index in [1.165, 1.54) is 54.8 Å². The summed E-state index contributed by atoms with van der Waals surface area (Å²) in [5.41, 5.74) is 11.6. The Labute approximate surface area is 280 Å². The van der Waals surface area contributed by atoms with Gasteiger partial charge in [-0.1, -0.05) is 152 Å². The molecule has 0 fully saturated rings. The summed E-state index contributed by atoms with van der Waals surface area (Å²) in [4.78, 5) is 2.46. The zero-order chi connectivity index (χ0) is 31.9. The number of fused-ring (bicyclic) bond motifs is 4. The number of hydrogen-bond acceptors (Lipinski definition) is 1. The normalized spacial score (nSPS) is 11.3. The van der Waals surface area contributed by atoms with Gasteiger partial charge in [-0.2, -0.15) is 0 Å². The molecule has 226 valence electrons. The van der Waals surface area contributed by atoms with E-state index in [1.807, 2.05) is 0 Å². The predicted molar refractivity (Wildman–Crippen MR) is 204 cm³/mol. The maximum atomic E-state index is 2.46. The average molecular weight is 613 g/mol. The summed E-state index contributed by atoms with van der Waals surface area (Å²) in [7, 11) is 0. The lowest BCUT2D eigenvalue weighted by atomic mass is 10.0. The van der Waals surface area contributed by atoms with Crippen LogP contribution >= 0.6 is 0 Å². The van der Waals surface area contributed by atoms with Crippen molar-refractivity contribution < 1.29 is 0 Å². The van der Waals surface area contributed by atoms with Crippen LogP contribution < -0.4 is 4.90 Å². The van der Waals surface area contributed by atoms with E-state index < -0.39 is 0 Å². The van der Waals surface area contributed by atoms with Crippen LogP contribution in [0, 0.1) is 0 Å². The zero-order valence-corrected chi connectivity index (χ0v) is 26.4. The summed E-state index contributed by atoms with van der Waals surface area (Å²) in [6.07, 6.45) is 0. The first kappa shape index (κ1) is 27.9. The number of rotatable bonds is 6. The Morgan fingerprint density at radius 3 is 1.35 bits per heavy atom. The van der Waals surface area contributed by atoms with Crippen molar-refractivity contribution in [1.29, 1.82) is 0 Å². The summed E-state index contributed by atoms with van der Waals surface area (Å²) in [6.45, 7) is 0. The highest BCUT2D eigenvalue weighted by atomic mass is 15.2. The maximum absolute atomic E-state index is 2.46. The molecule has 0 N–H and O–H groups in total. The molecule has 2 nitrogen and oxygen atoms in total. The van der Waals surface area contributed by atoms with Crippen molar-refractivity contribution in [2.45, 2.75) is 0 Å². The number of hydrogen-bond donors (Lipinski definition) is 0. The minimum Gasteiger partial charge on any atom is -0.308 e.